The van der Waals surface area contributed by atoms with Gasteiger partial charge in [-0.05, 0) is 58.2 Å². The van der Waals surface area contributed by atoms with E-state index in [1.54, 1.807) is 5.57 Å². The highest BCUT2D eigenvalue weighted by atomic mass is 28.4. The first-order valence-corrected chi connectivity index (χ1v) is 11.8. The van der Waals surface area contributed by atoms with E-state index in [0.717, 1.165) is 25.7 Å². The average Bonchev–Trinajstić information content (AvgIpc) is 2.88. The van der Waals surface area contributed by atoms with Crippen molar-refractivity contribution in [2.45, 2.75) is 84.7 Å². The molecule has 0 fully saturated rings. The Bertz CT molecular complexity index is 354. The third-order valence-electron chi connectivity index (χ3n) is 4.52. The Morgan fingerprint density at radius 2 is 1.50 bits per heavy atom. The van der Waals surface area contributed by atoms with E-state index in [4.69, 9.17) is 8.85 Å². The Hall–Kier alpha value is -0.383. The molecule has 1 aliphatic carbocycles. The van der Waals surface area contributed by atoms with Crippen molar-refractivity contribution in [3.05, 3.63) is 23.3 Å². The van der Waals surface area contributed by atoms with Crippen LogP contribution in [0.2, 0.25) is 12.6 Å². The summed E-state index contributed by atoms with van der Waals surface area (Å²) >= 11 is 0. The van der Waals surface area contributed by atoms with Crippen LogP contribution in [0.15, 0.2) is 23.3 Å². The Morgan fingerprint density at radius 3 is 2.05 bits per heavy atom. The smallest absolute Gasteiger partial charge is 0.334 e. The standard InChI is InChI=1S/C19H36O2Si/c1-5-20-22(4,21-6-2)17-12-10-8-7-9-11-15-19-16-13-14-18(19)3/h14,16H,5-13,15,17H2,1-4H3. The third-order valence-corrected chi connectivity index (χ3v) is 7.58. The normalized spacial score (nSPS) is 15.1. The molecular formula is C19H36O2Si. The average molecular weight is 325 g/mol. The molecule has 0 aromatic heterocycles. The molecule has 0 N–H and O–H groups in total. The minimum atomic E-state index is -1.86. The Kier molecular flexibility index (Phi) is 10.0. The second kappa shape index (κ2) is 11.2. The number of rotatable bonds is 13. The molecule has 0 amide bonds. The molecule has 0 bridgehead atoms. The van der Waals surface area contributed by atoms with Gasteiger partial charge in [0.15, 0.2) is 0 Å². The molecule has 1 rings (SSSR count). The topological polar surface area (TPSA) is 18.5 Å². The Morgan fingerprint density at radius 1 is 0.909 bits per heavy atom. The van der Waals surface area contributed by atoms with Crippen LogP contribution in [-0.4, -0.2) is 21.8 Å². The first-order chi connectivity index (χ1) is 10.6. The minimum Gasteiger partial charge on any atom is -0.395 e. The van der Waals surface area contributed by atoms with Crippen LogP contribution in [0.5, 0.6) is 0 Å². The van der Waals surface area contributed by atoms with Gasteiger partial charge < -0.3 is 8.85 Å². The summed E-state index contributed by atoms with van der Waals surface area (Å²) in [5.41, 5.74) is 3.10. The summed E-state index contributed by atoms with van der Waals surface area (Å²) in [5, 5.41) is 0. The lowest BCUT2D eigenvalue weighted by Gasteiger charge is -2.25. The van der Waals surface area contributed by atoms with Gasteiger partial charge in [0.2, 0.25) is 0 Å². The predicted molar refractivity (Wildman–Crippen MR) is 98.5 cm³/mol. The lowest BCUT2D eigenvalue weighted by Crippen LogP contribution is -2.38. The Labute approximate surface area is 139 Å². The summed E-state index contributed by atoms with van der Waals surface area (Å²) in [6.07, 6.45) is 15.2. The molecule has 3 heteroatoms. The first-order valence-electron chi connectivity index (χ1n) is 9.25. The lowest BCUT2D eigenvalue weighted by molar-refractivity contribution is 0.188. The van der Waals surface area contributed by atoms with Gasteiger partial charge in [-0.3, -0.25) is 0 Å². The molecule has 0 aromatic rings. The van der Waals surface area contributed by atoms with Gasteiger partial charge in [0.05, 0.1) is 0 Å². The van der Waals surface area contributed by atoms with Crippen LogP contribution >= 0.6 is 0 Å². The largest absolute Gasteiger partial charge is 0.395 e. The van der Waals surface area contributed by atoms with Crippen molar-refractivity contribution in [3.63, 3.8) is 0 Å². The molecule has 0 radical (unpaired) electrons. The molecule has 22 heavy (non-hydrogen) atoms. The molecule has 0 saturated heterocycles. The third kappa shape index (κ3) is 7.75. The molecule has 0 aromatic carbocycles. The van der Waals surface area contributed by atoms with Crippen LogP contribution in [0, 0.1) is 0 Å². The van der Waals surface area contributed by atoms with Gasteiger partial charge in [0, 0.05) is 13.2 Å². The number of hydrogen-bond acceptors (Lipinski definition) is 2. The van der Waals surface area contributed by atoms with Gasteiger partial charge in [-0.2, -0.15) is 0 Å². The fourth-order valence-corrected chi connectivity index (χ4v) is 5.72. The highest BCUT2D eigenvalue weighted by molar-refractivity contribution is 6.66. The van der Waals surface area contributed by atoms with Crippen molar-refractivity contribution in [2.24, 2.45) is 0 Å². The fourth-order valence-electron chi connectivity index (χ4n) is 3.23. The van der Waals surface area contributed by atoms with Crippen molar-refractivity contribution in [1.82, 2.24) is 0 Å². The van der Waals surface area contributed by atoms with Crippen molar-refractivity contribution < 1.29 is 8.85 Å². The van der Waals surface area contributed by atoms with E-state index in [0.29, 0.717) is 0 Å². The molecule has 1 aliphatic rings. The SMILES string of the molecule is CCO[Si](C)(CCCCCCCCC1=CCC=C1C)OCC. The fraction of sp³-hybridized carbons (Fsp3) is 0.789. The first kappa shape index (κ1) is 19.7. The van der Waals surface area contributed by atoms with E-state index < -0.39 is 8.56 Å². The van der Waals surface area contributed by atoms with Crippen molar-refractivity contribution in [2.75, 3.05) is 13.2 Å². The molecule has 0 saturated carbocycles. The van der Waals surface area contributed by atoms with Crippen LogP contribution in [0.25, 0.3) is 0 Å². The maximum absolute atomic E-state index is 5.89. The second-order valence-electron chi connectivity index (χ2n) is 6.47. The van der Waals surface area contributed by atoms with Gasteiger partial charge in [0.1, 0.15) is 0 Å². The van der Waals surface area contributed by atoms with Crippen LogP contribution in [0.1, 0.15) is 72.1 Å². The van der Waals surface area contributed by atoms with E-state index in [1.165, 1.54) is 50.5 Å². The van der Waals surface area contributed by atoms with Crippen LogP contribution in [-0.2, 0) is 8.85 Å². The maximum atomic E-state index is 5.89. The minimum absolute atomic E-state index is 0.784. The molecule has 0 aliphatic heterocycles. The van der Waals surface area contributed by atoms with E-state index in [9.17, 15) is 0 Å². The zero-order valence-electron chi connectivity index (χ0n) is 15.2. The molecule has 0 spiro atoms. The van der Waals surface area contributed by atoms with Crippen LogP contribution in [0.4, 0.5) is 0 Å². The van der Waals surface area contributed by atoms with Crippen LogP contribution in [0.3, 0.4) is 0 Å². The zero-order chi connectivity index (χ0) is 16.3. The van der Waals surface area contributed by atoms with Gasteiger partial charge in [-0.25, -0.2) is 0 Å². The zero-order valence-corrected chi connectivity index (χ0v) is 16.2. The molecule has 0 atom stereocenters. The van der Waals surface area contributed by atoms with E-state index in [2.05, 4.69) is 39.5 Å². The summed E-state index contributed by atoms with van der Waals surface area (Å²) in [7, 11) is -1.86. The molecule has 0 heterocycles. The van der Waals surface area contributed by atoms with E-state index >= 15 is 0 Å². The highest BCUT2D eigenvalue weighted by Gasteiger charge is 2.29. The van der Waals surface area contributed by atoms with Gasteiger partial charge in [-0.15, -0.1) is 0 Å². The number of unbranched alkanes of at least 4 members (excludes halogenated alkanes) is 5. The summed E-state index contributed by atoms with van der Waals surface area (Å²) in [6, 6.07) is 1.14. The van der Waals surface area contributed by atoms with E-state index in [-0.39, 0.29) is 0 Å². The number of allylic oxidation sites excluding steroid dienone is 4. The van der Waals surface area contributed by atoms with Crippen molar-refractivity contribution in [3.8, 4) is 0 Å². The van der Waals surface area contributed by atoms with E-state index in [1.807, 2.05) is 0 Å². The predicted octanol–water partition coefficient (Wildman–Crippen LogP) is 6.14. The molecular weight excluding hydrogens is 288 g/mol. The van der Waals surface area contributed by atoms with Gasteiger partial charge in [0.25, 0.3) is 0 Å². The lowest BCUT2D eigenvalue weighted by atomic mass is 10.0. The molecule has 0 unspecified atom stereocenters. The summed E-state index contributed by atoms with van der Waals surface area (Å²) in [4.78, 5) is 0. The van der Waals surface area contributed by atoms with Gasteiger partial charge in [-0.1, -0.05) is 49.8 Å². The summed E-state index contributed by atoms with van der Waals surface area (Å²) in [6.45, 7) is 10.2. The number of hydrogen-bond donors (Lipinski definition) is 0. The summed E-state index contributed by atoms with van der Waals surface area (Å²) < 4.78 is 11.8. The Balaban J connectivity index is 1.99. The van der Waals surface area contributed by atoms with Crippen molar-refractivity contribution in [1.29, 1.82) is 0 Å². The highest BCUT2D eigenvalue weighted by Crippen LogP contribution is 2.24. The quantitative estimate of drug-likeness (QED) is 0.299. The van der Waals surface area contributed by atoms with Gasteiger partial charge >= 0.3 is 8.56 Å². The summed E-state index contributed by atoms with van der Waals surface area (Å²) in [5.74, 6) is 0. The van der Waals surface area contributed by atoms with Crippen molar-refractivity contribution >= 4 is 8.56 Å². The second-order valence-corrected chi connectivity index (χ2v) is 9.82. The molecule has 2 nitrogen and oxygen atoms in total. The molecule has 128 valence electrons. The maximum Gasteiger partial charge on any atom is 0.334 e. The monoisotopic (exact) mass is 324 g/mol. The van der Waals surface area contributed by atoms with Crippen LogP contribution < -0.4 is 0 Å².